The van der Waals surface area contributed by atoms with Crippen molar-refractivity contribution in [3.63, 3.8) is 0 Å². The summed E-state index contributed by atoms with van der Waals surface area (Å²) in [4.78, 5) is 13.9. The van der Waals surface area contributed by atoms with Crippen LogP contribution in [0.1, 0.15) is 41.0 Å². The molecule has 1 aliphatic rings. The predicted octanol–water partition coefficient (Wildman–Crippen LogP) is 4.74. The van der Waals surface area contributed by atoms with Crippen LogP contribution in [0.15, 0.2) is 24.8 Å². The molecule has 0 aromatic carbocycles. The molecule has 0 aromatic rings. The maximum absolute atomic E-state index is 12.2. The third kappa shape index (κ3) is 4.70. The van der Waals surface area contributed by atoms with Gasteiger partial charge in [-0.05, 0) is 23.5 Å². The molecule has 0 spiro atoms. The molecule has 0 unspecified atom stereocenters. The van der Waals surface area contributed by atoms with Crippen LogP contribution in [0.2, 0.25) is 17.1 Å². The summed E-state index contributed by atoms with van der Waals surface area (Å²) in [5.74, 6) is 0. The second kappa shape index (κ2) is 8.15. The number of rotatable bonds is 7. The molecule has 1 fully saturated rings. The smallest absolute Gasteiger partial charge is 0.410 e. The lowest BCUT2D eigenvalue weighted by Crippen LogP contribution is -2.49. The molecule has 1 saturated heterocycles. The van der Waals surface area contributed by atoms with Crippen LogP contribution in [0, 0.1) is 0 Å². The summed E-state index contributed by atoms with van der Waals surface area (Å²) in [6.07, 6.45) is 2.08. The number of nitrogens with zero attached hydrogens (tertiary/aromatic N) is 1. The molecule has 0 radical (unpaired) electrons. The van der Waals surface area contributed by atoms with Crippen LogP contribution in [-0.2, 0) is 9.16 Å². The highest BCUT2D eigenvalue weighted by Crippen LogP contribution is 2.42. The van der Waals surface area contributed by atoms with Gasteiger partial charge in [0.15, 0.2) is 8.32 Å². The Kier molecular flexibility index (Phi) is 7.08. The molecule has 1 heterocycles. The van der Waals surface area contributed by atoms with Gasteiger partial charge in [0, 0.05) is 6.54 Å². The van der Waals surface area contributed by atoms with Gasteiger partial charge in [-0.15, -0.1) is 0 Å². The van der Waals surface area contributed by atoms with E-state index in [1.807, 2.05) is 0 Å². The highest BCUT2D eigenvalue weighted by atomic mass is 28.4. The molecule has 0 bridgehead atoms. The van der Waals surface area contributed by atoms with Crippen molar-refractivity contribution in [2.45, 2.75) is 64.2 Å². The molecule has 5 heteroatoms. The Morgan fingerprint density at radius 2 is 2.00 bits per heavy atom. The van der Waals surface area contributed by atoms with Gasteiger partial charge in [-0.1, -0.05) is 59.4 Å². The zero-order chi connectivity index (χ0) is 17.7. The zero-order valence-corrected chi connectivity index (χ0v) is 16.5. The minimum atomic E-state index is -1.85. The van der Waals surface area contributed by atoms with Crippen molar-refractivity contribution < 1.29 is 14.0 Å². The highest BCUT2D eigenvalue weighted by Gasteiger charge is 2.44. The van der Waals surface area contributed by atoms with Crippen molar-refractivity contribution in [3.8, 4) is 0 Å². The van der Waals surface area contributed by atoms with E-state index < -0.39 is 8.32 Å². The molecule has 132 valence electrons. The maximum Gasteiger partial charge on any atom is 0.410 e. The van der Waals surface area contributed by atoms with E-state index in [0.29, 0.717) is 13.2 Å². The number of ether oxygens (including phenoxy) is 1. The monoisotopic (exact) mass is 339 g/mol. The molecule has 0 aromatic heterocycles. The minimum absolute atomic E-state index is 0.0344. The average molecular weight is 340 g/mol. The van der Waals surface area contributed by atoms with Crippen LogP contribution >= 0.6 is 0 Å². The molecule has 23 heavy (non-hydrogen) atoms. The SMILES string of the molecule is C=CCOC(=O)N1CC(=C)C[C@H]1CO[Si](CC)(CC)C(C)(C)C. The number of carbonyl (C=O) groups is 1. The lowest BCUT2D eigenvalue weighted by molar-refractivity contribution is 0.0938. The largest absolute Gasteiger partial charge is 0.445 e. The third-order valence-corrected chi connectivity index (χ3v) is 10.7. The summed E-state index contributed by atoms with van der Waals surface area (Å²) >= 11 is 0. The number of hydrogen-bond acceptors (Lipinski definition) is 3. The summed E-state index contributed by atoms with van der Waals surface area (Å²) in [5.41, 5.74) is 1.06. The molecule has 0 saturated carbocycles. The van der Waals surface area contributed by atoms with E-state index in [4.69, 9.17) is 9.16 Å². The van der Waals surface area contributed by atoms with E-state index in [-0.39, 0.29) is 23.8 Å². The van der Waals surface area contributed by atoms with Gasteiger partial charge in [-0.25, -0.2) is 4.79 Å². The second-order valence-electron chi connectivity index (χ2n) is 7.36. The topological polar surface area (TPSA) is 38.8 Å². The first-order valence-corrected chi connectivity index (χ1v) is 10.9. The van der Waals surface area contributed by atoms with Gasteiger partial charge in [-0.2, -0.15) is 0 Å². The molecule has 1 rings (SSSR count). The standard InChI is InChI=1S/C18H33NO3Si/c1-8-11-21-17(20)19-13-15(4)12-16(19)14-22-23(9-2,10-3)18(5,6)7/h8,16H,1,4,9-14H2,2-3,5-7H3/t16-/m0/s1. The summed E-state index contributed by atoms with van der Waals surface area (Å²) in [5, 5.41) is 0.181. The van der Waals surface area contributed by atoms with E-state index in [2.05, 4.69) is 47.8 Å². The van der Waals surface area contributed by atoms with Crippen molar-refractivity contribution in [3.05, 3.63) is 24.8 Å². The normalized spacial score (nSPS) is 19.1. The fourth-order valence-electron chi connectivity index (χ4n) is 3.44. The Labute approximate surface area is 142 Å². The van der Waals surface area contributed by atoms with E-state index >= 15 is 0 Å². The summed E-state index contributed by atoms with van der Waals surface area (Å²) in [6, 6.07) is 2.20. The lowest BCUT2D eigenvalue weighted by atomic mass is 10.2. The summed E-state index contributed by atoms with van der Waals surface area (Å²) in [7, 11) is -1.85. The maximum atomic E-state index is 12.2. The number of hydrogen-bond donors (Lipinski definition) is 0. The number of likely N-dealkylation sites (tertiary alicyclic amines) is 1. The molecule has 1 aliphatic heterocycles. The molecule has 1 atom stereocenters. The Morgan fingerprint density at radius 3 is 2.48 bits per heavy atom. The molecule has 4 nitrogen and oxygen atoms in total. The predicted molar refractivity (Wildman–Crippen MR) is 98.2 cm³/mol. The van der Waals surface area contributed by atoms with Gasteiger partial charge in [0.2, 0.25) is 0 Å². The Bertz CT molecular complexity index is 438. The first-order valence-electron chi connectivity index (χ1n) is 8.55. The van der Waals surface area contributed by atoms with Crippen LogP contribution in [0.3, 0.4) is 0 Å². The van der Waals surface area contributed by atoms with Crippen LogP contribution in [0.5, 0.6) is 0 Å². The van der Waals surface area contributed by atoms with Crippen molar-refractivity contribution in [2.75, 3.05) is 19.8 Å². The van der Waals surface area contributed by atoms with Gasteiger partial charge in [0.05, 0.1) is 12.6 Å². The molecular weight excluding hydrogens is 306 g/mol. The average Bonchev–Trinajstić information content (AvgIpc) is 2.86. The van der Waals surface area contributed by atoms with Gasteiger partial charge in [0.25, 0.3) is 0 Å². The third-order valence-electron chi connectivity index (χ3n) is 4.98. The van der Waals surface area contributed by atoms with Crippen molar-refractivity contribution in [1.29, 1.82) is 0 Å². The van der Waals surface area contributed by atoms with Crippen molar-refractivity contribution >= 4 is 14.4 Å². The van der Waals surface area contributed by atoms with E-state index in [1.54, 1.807) is 11.0 Å². The quantitative estimate of drug-likeness (QED) is 0.496. The molecule has 0 aliphatic carbocycles. The Hall–Kier alpha value is -1.07. The minimum Gasteiger partial charge on any atom is -0.445 e. The van der Waals surface area contributed by atoms with Gasteiger partial charge in [0.1, 0.15) is 6.61 Å². The number of amides is 1. The van der Waals surface area contributed by atoms with E-state index in [0.717, 1.165) is 24.1 Å². The number of carbonyl (C=O) groups excluding carboxylic acids is 1. The van der Waals surface area contributed by atoms with Crippen molar-refractivity contribution in [2.24, 2.45) is 0 Å². The first kappa shape index (κ1) is 20.0. The molecule has 0 N–H and O–H groups in total. The van der Waals surface area contributed by atoms with Gasteiger partial charge < -0.3 is 9.16 Å². The highest BCUT2D eigenvalue weighted by molar-refractivity contribution is 6.76. The van der Waals surface area contributed by atoms with E-state index in [9.17, 15) is 4.79 Å². The lowest BCUT2D eigenvalue weighted by Gasteiger charge is -2.42. The Balaban J connectivity index is 2.78. The first-order chi connectivity index (χ1) is 10.7. The summed E-state index contributed by atoms with van der Waals surface area (Å²) in [6.45, 7) is 20.3. The zero-order valence-electron chi connectivity index (χ0n) is 15.5. The van der Waals surface area contributed by atoms with Gasteiger partial charge >= 0.3 is 6.09 Å². The molecule has 1 amide bonds. The van der Waals surface area contributed by atoms with Crippen LogP contribution in [-0.4, -0.2) is 45.1 Å². The van der Waals surface area contributed by atoms with Crippen LogP contribution < -0.4 is 0 Å². The Morgan fingerprint density at radius 1 is 1.39 bits per heavy atom. The van der Waals surface area contributed by atoms with Crippen molar-refractivity contribution in [1.82, 2.24) is 4.90 Å². The summed E-state index contributed by atoms with van der Waals surface area (Å²) < 4.78 is 11.7. The fourth-order valence-corrected chi connectivity index (χ4v) is 7.41. The fraction of sp³-hybridized carbons (Fsp3) is 0.722. The van der Waals surface area contributed by atoms with Crippen LogP contribution in [0.25, 0.3) is 0 Å². The van der Waals surface area contributed by atoms with Gasteiger partial charge in [-0.3, -0.25) is 4.90 Å². The second-order valence-corrected chi connectivity index (χ2v) is 12.6. The molecular formula is C18H33NO3Si. The van der Waals surface area contributed by atoms with E-state index in [1.165, 1.54) is 0 Å². The van der Waals surface area contributed by atoms with Crippen LogP contribution in [0.4, 0.5) is 4.79 Å².